The molecule has 0 heterocycles. The van der Waals surface area contributed by atoms with Crippen LogP contribution in [-0.2, 0) is 6.54 Å². The van der Waals surface area contributed by atoms with Crippen molar-refractivity contribution in [1.82, 2.24) is 4.90 Å². The van der Waals surface area contributed by atoms with E-state index in [1.165, 1.54) is 17.5 Å². The Hall–Kier alpha value is -1.55. The van der Waals surface area contributed by atoms with Gasteiger partial charge in [-0.15, -0.1) is 0 Å². The Bertz CT molecular complexity index is 441. The summed E-state index contributed by atoms with van der Waals surface area (Å²) >= 11 is 0. The van der Waals surface area contributed by atoms with Gasteiger partial charge in [0.25, 0.3) is 0 Å². The first-order chi connectivity index (χ1) is 8.93. The van der Waals surface area contributed by atoms with Crippen molar-refractivity contribution in [2.45, 2.75) is 33.7 Å². The predicted molar refractivity (Wildman–Crippen MR) is 79.5 cm³/mol. The molecule has 0 fully saturated rings. The molecule has 3 N–H and O–H groups in total. The van der Waals surface area contributed by atoms with Crippen LogP contribution in [0.15, 0.2) is 23.4 Å². The highest BCUT2D eigenvalue weighted by Gasteiger charge is 2.07. The highest BCUT2D eigenvalue weighted by atomic mass is 16.4. The highest BCUT2D eigenvalue weighted by molar-refractivity contribution is 5.97. The highest BCUT2D eigenvalue weighted by Crippen LogP contribution is 2.14. The minimum Gasteiger partial charge on any atom is -0.409 e. The molecule has 0 bridgehead atoms. The van der Waals surface area contributed by atoms with Gasteiger partial charge in [-0.1, -0.05) is 31.1 Å². The van der Waals surface area contributed by atoms with Crippen LogP contribution in [0.1, 0.15) is 37.0 Å². The van der Waals surface area contributed by atoms with E-state index in [0.29, 0.717) is 0 Å². The second-order valence-corrected chi connectivity index (χ2v) is 5.55. The molecular weight excluding hydrogens is 238 g/mol. The number of benzene rings is 1. The van der Waals surface area contributed by atoms with Gasteiger partial charge < -0.3 is 15.8 Å². The summed E-state index contributed by atoms with van der Waals surface area (Å²) in [7, 11) is 2.14. The Morgan fingerprint density at radius 2 is 2.11 bits per heavy atom. The van der Waals surface area contributed by atoms with Gasteiger partial charge in [0.1, 0.15) is 0 Å². The van der Waals surface area contributed by atoms with E-state index in [0.717, 1.165) is 24.6 Å². The Balaban J connectivity index is 2.69. The largest absolute Gasteiger partial charge is 0.409 e. The standard InChI is InChI=1S/C15H25N3O/c1-11(2)7-8-18(4)10-14-6-5-13(9-12(14)3)15(16)17-19/h5-6,9,11,19H,7-8,10H2,1-4H3,(H2,16,17). The van der Waals surface area contributed by atoms with Gasteiger partial charge in [-0.2, -0.15) is 0 Å². The lowest BCUT2D eigenvalue weighted by molar-refractivity contribution is 0.303. The second-order valence-electron chi connectivity index (χ2n) is 5.55. The van der Waals surface area contributed by atoms with Gasteiger partial charge in [0, 0.05) is 12.1 Å². The van der Waals surface area contributed by atoms with E-state index in [1.54, 1.807) is 0 Å². The fourth-order valence-corrected chi connectivity index (χ4v) is 1.94. The molecule has 0 saturated heterocycles. The van der Waals surface area contributed by atoms with Crippen molar-refractivity contribution >= 4 is 5.84 Å². The van der Waals surface area contributed by atoms with Gasteiger partial charge in [-0.05, 0) is 50.0 Å². The molecule has 1 rings (SSSR count). The summed E-state index contributed by atoms with van der Waals surface area (Å²) in [6.07, 6.45) is 1.21. The topological polar surface area (TPSA) is 61.9 Å². The van der Waals surface area contributed by atoms with Crippen molar-refractivity contribution in [3.05, 3.63) is 34.9 Å². The number of hydrogen-bond donors (Lipinski definition) is 2. The number of nitrogens with zero attached hydrogens (tertiary/aromatic N) is 2. The number of amidine groups is 1. The zero-order valence-electron chi connectivity index (χ0n) is 12.3. The molecule has 19 heavy (non-hydrogen) atoms. The minimum atomic E-state index is 0.155. The van der Waals surface area contributed by atoms with Crippen LogP contribution in [0.25, 0.3) is 0 Å². The van der Waals surface area contributed by atoms with E-state index >= 15 is 0 Å². The third-order valence-corrected chi connectivity index (χ3v) is 3.27. The van der Waals surface area contributed by atoms with E-state index in [1.807, 2.05) is 12.1 Å². The summed E-state index contributed by atoms with van der Waals surface area (Å²) in [4.78, 5) is 2.32. The van der Waals surface area contributed by atoms with E-state index in [-0.39, 0.29) is 5.84 Å². The van der Waals surface area contributed by atoms with Gasteiger partial charge in [0.15, 0.2) is 5.84 Å². The monoisotopic (exact) mass is 263 g/mol. The number of rotatable bonds is 6. The van der Waals surface area contributed by atoms with Gasteiger partial charge in [0.2, 0.25) is 0 Å². The van der Waals surface area contributed by atoms with Crippen LogP contribution in [0.5, 0.6) is 0 Å². The molecule has 0 aliphatic carbocycles. The Kier molecular flexibility index (Phi) is 5.83. The van der Waals surface area contributed by atoms with Crippen LogP contribution in [0, 0.1) is 12.8 Å². The lowest BCUT2D eigenvalue weighted by Gasteiger charge is -2.19. The first-order valence-electron chi connectivity index (χ1n) is 6.70. The van der Waals surface area contributed by atoms with Crippen LogP contribution in [0.3, 0.4) is 0 Å². The van der Waals surface area contributed by atoms with Crippen molar-refractivity contribution in [2.24, 2.45) is 16.8 Å². The lowest BCUT2D eigenvalue weighted by atomic mass is 10.0. The summed E-state index contributed by atoms with van der Waals surface area (Å²) in [6, 6.07) is 5.91. The van der Waals surface area contributed by atoms with Crippen LogP contribution in [0.2, 0.25) is 0 Å². The summed E-state index contributed by atoms with van der Waals surface area (Å²) in [5.41, 5.74) is 8.79. The van der Waals surface area contributed by atoms with Crippen LogP contribution in [0.4, 0.5) is 0 Å². The third-order valence-electron chi connectivity index (χ3n) is 3.27. The van der Waals surface area contributed by atoms with Crippen molar-refractivity contribution in [3.8, 4) is 0 Å². The normalized spacial score (nSPS) is 12.4. The van der Waals surface area contributed by atoms with Crippen molar-refractivity contribution < 1.29 is 5.21 Å². The Morgan fingerprint density at radius 1 is 1.42 bits per heavy atom. The molecule has 4 heteroatoms. The lowest BCUT2D eigenvalue weighted by Crippen LogP contribution is -2.21. The van der Waals surface area contributed by atoms with E-state index < -0.39 is 0 Å². The van der Waals surface area contributed by atoms with Crippen molar-refractivity contribution in [1.29, 1.82) is 0 Å². The molecule has 0 saturated carbocycles. The van der Waals surface area contributed by atoms with Crippen molar-refractivity contribution in [2.75, 3.05) is 13.6 Å². The SMILES string of the molecule is Cc1cc(/C(N)=N/O)ccc1CN(C)CCC(C)C. The molecule has 0 unspecified atom stereocenters. The molecule has 0 radical (unpaired) electrons. The molecule has 0 aliphatic rings. The molecule has 0 amide bonds. The molecule has 0 spiro atoms. The number of aryl methyl sites for hydroxylation is 1. The number of hydrogen-bond acceptors (Lipinski definition) is 3. The molecule has 106 valence electrons. The van der Waals surface area contributed by atoms with E-state index in [4.69, 9.17) is 10.9 Å². The molecule has 4 nitrogen and oxygen atoms in total. The molecule has 0 atom stereocenters. The molecule has 1 aromatic rings. The summed E-state index contributed by atoms with van der Waals surface area (Å²) in [5, 5.41) is 11.7. The first-order valence-corrected chi connectivity index (χ1v) is 6.70. The van der Waals surface area contributed by atoms with Gasteiger partial charge in [-0.25, -0.2) is 0 Å². The van der Waals surface area contributed by atoms with Crippen LogP contribution < -0.4 is 5.73 Å². The average molecular weight is 263 g/mol. The maximum Gasteiger partial charge on any atom is 0.170 e. The Morgan fingerprint density at radius 3 is 2.63 bits per heavy atom. The molecular formula is C15H25N3O. The van der Waals surface area contributed by atoms with Gasteiger partial charge >= 0.3 is 0 Å². The van der Waals surface area contributed by atoms with Crippen LogP contribution in [-0.4, -0.2) is 29.5 Å². The fraction of sp³-hybridized carbons (Fsp3) is 0.533. The summed E-state index contributed by atoms with van der Waals surface area (Å²) < 4.78 is 0. The minimum absolute atomic E-state index is 0.155. The summed E-state index contributed by atoms with van der Waals surface area (Å²) in [6.45, 7) is 8.56. The van der Waals surface area contributed by atoms with E-state index in [2.05, 4.69) is 43.9 Å². The van der Waals surface area contributed by atoms with Gasteiger partial charge in [-0.3, -0.25) is 0 Å². The number of nitrogens with two attached hydrogens (primary N) is 1. The first kappa shape index (κ1) is 15.5. The predicted octanol–water partition coefficient (Wildman–Crippen LogP) is 2.57. The number of oxime groups is 1. The molecule has 1 aromatic carbocycles. The quantitative estimate of drug-likeness (QED) is 0.359. The van der Waals surface area contributed by atoms with Gasteiger partial charge in [0.05, 0.1) is 0 Å². The maximum atomic E-state index is 8.67. The molecule has 0 aliphatic heterocycles. The Labute approximate surface area is 115 Å². The van der Waals surface area contributed by atoms with Crippen LogP contribution >= 0.6 is 0 Å². The maximum absolute atomic E-state index is 8.67. The summed E-state index contributed by atoms with van der Waals surface area (Å²) in [5.74, 6) is 0.884. The zero-order chi connectivity index (χ0) is 14.4. The average Bonchev–Trinajstić information content (AvgIpc) is 2.37. The zero-order valence-corrected chi connectivity index (χ0v) is 12.3. The fourth-order valence-electron chi connectivity index (χ4n) is 1.94. The smallest absolute Gasteiger partial charge is 0.170 e. The van der Waals surface area contributed by atoms with Crippen molar-refractivity contribution in [3.63, 3.8) is 0 Å². The second kappa shape index (κ2) is 7.14. The molecule has 0 aromatic heterocycles. The van der Waals surface area contributed by atoms with E-state index in [9.17, 15) is 0 Å². The third kappa shape index (κ3) is 4.91.